The zero-order chi connectivity index (χ0) is 12.9. The second-order valence-electron chi connectivity index (χ2n) is 5.18. The number of aliphatic hydroxyl groups excluding tert-OH is 1. The Hall–Kier alpha value is -0.860. The van der Waals surface area contributed by atoms with Crippen LogP contribution in [0.4, 0.5) is 0 Å². The molecule has 96 valence electrons. The molecule has 0 saturated heterocycles. The SMILES string of the molecule is CCC(C)c1ccc(C(C)(N)CCCO)cc1. The lowest BCUT2D eigenvalue weighted by Crippen LogP contribution is -2.33. The van der Waals surface area contributed by atoms with Crippen molar-refractivity contribution in [1.29, 1.82) is 0 Å². The van der Waals surface area contributed by atoms with Gasteiger partial charge in [0, 0.05) is 12.1 Å². The van der Waals surface area contributed by atoms with E-state index in [9.17, 15) is 0 Å². The first-order chi connectivity index (χ1) is 8.01. The molecule has 0 radical (unpaired) electrons. The van der Waals surface area contributed by atoms with Crippen molar-refractivity contribution in [2.24, 2.45) is 5.73 Å². The maximum absolute atomic E-state index is 8.87. The molecule has 0 aromatic heterocycles. The summed E-state index contributed by atoms with van der Waals surface area (Å²) in [4.78, 5) is 0. The highest BCUT2D eigenvalue weighted by Gasteiger charge is 2.20. The lowest BCUT2D eigenvalue weighted by Gasteiger charge is -2.25. The number of rotatable bonds is 6. The van der Waals surface area contributed by atoms with Crippen molar-refractivity contribution < 1.29 is 5.11 Å². The van der Waals surface area contributed by atoms with Crippen LogP contribution >= 0.6 is 0 Å². The van der Waals surface area contributed by atoms with Gasteiger partial charge in [0.15, 0.2) is 0 Å². The quantitative estimate of drug-likeness (QED) is 0.795. The Morgan fingerprint density at radius 2 is 1.88 bits per heavy atom. The smallest absolute Gasteiger partial charge is 0.0431 e. The lowest BCUT2D eigenvalue weighted by atomic mass is 9.87. The molecule has 0 amide bonds. The third-order valence-electron chi connectivity index (χ3n) is 3.61. The van der Waals surface area contributed by atoms with Crippen LogP contribution in [0.2, 0.25) is 0 Å². The number of hydrogen-bond donors (Lipinski definition) is 2. The zero-order valence-corrected chi connectivity index (χ0v) is 11.2. The van der Waals surface area contributed by atoms with Gasteiger partial charge < -0.3 is 10.8 Å². The van der Waals surface area contributed by atoms with Gasteiger partial charge >= 0.3 is 0 Å². The van der Waals surface area contributed by atoms with Crippen molar-refractivity contribution in [3.8, 4) is 0 Å². The Labute approximate surface area is 105 Å². The lowest BCUT2D eigenvalue weighted by molar-refractivity contribution is 0.265. The molecule has 2 nitrogen and oxygen atoms in total. The third-order valence-corrected chi connectivity index (χ3v) is 3.61. The summed E-state index contributed by atoms with van der Waals surface area (Å²) >= 11 is 0. The van der Waals surface area contributed by atoms with Crippen molar-refractivity contribution in [3.05, 3.63) is 35.4 Å². The fourth-order valence-electron chi connectivity index (χ4n) is 2.02. The second kappa shape index (κ2) is 6.18. The Bertz CT molecular complexity index is 329. The molecule has 1 aromatic carbocycles. The van der Waals surface area contributed by atoms with Gasteiger partial charge in [-0.05, 0) is 43.2 Å². The predicted molar refractivity (Wildman–Crippen MR) is 73.0 cm³/mol. The standard InChI is InChI=1S/C15H25NO/c1-4-12(2)13-6-8-14(9-7-13)15(3,16)10-5-11-17/h6-9,12,17H,4-5,10-11,16H2,1-3H3. The average molecular weight is 235 g/mol. The van der Waals surface area contributed by atoms with E-state index in [-0.39, 0.29) is 12.1 Å². The van der Waals surface area contributed by atoms with Gasteiger partial charge in [0.05, 0.1) is 0 Å². The minimum absolute atomic E-state index is 0.206. The Kier molecular flexibility index (Phi) is 5.16. The summed E-state index contributed by atoms with van der Waals surface area (Å²) in [6, 6.07) is 8.60. The summed E-state index contributed by atoms with van der Waals surface area (Å²) in [5.74, 6) is 0.602. The van der Waals surface area contributed by atoms with E-state index in [1.165, 1.54) is 5.56 Å². The minimum Gasteiger partial charge on any atom is -0.396 e. The molecule has 0 aliphatic rings. The van der Waals surface area contributed by atoms with Crippen LogP contribution in [0.25, 0.3) is 0 Å². The molecule has 17 heavy (non-hydrogen) atoms. The number of nitrogens with two attached hydrogens (primary N) is 1. The van der Waals surface area contributed by atoms with Crippen LogP contribution in [0, 0.1) is 0 Å². The molecular formula is C15H25NO. The van der Waals surface area contributed by atoms with Gasteiger partial charge in [0.1, 0.15) is 0 Å². The van der Waals surface area contributed by atoms with Crippen LogP contribution in [0.1, 0.15) is 57.1 Å². The summed E-state index contributed by atoms with van der Waals surface area (Å²) in [6.07, 6.45) is 2.72. The highest BCUT2D eigenvalue weighted by atomic mass is 16.2. The van der Waals surface area contributed by atoms with Crippen LogP contribution < -0.4 is 5.73 Å². The van der Waals surface area contributed by atoms with Gasteiger partial charge in [-0.25, -0.2) is 0 Å². The highest BCUT2D eigenvalue weighted by molar-refractivity contribution is 5.29. The van der Waals surface area contributed by atoms with Gasteiger partial charge in [-0.3, -0.25) is 0 Å². The first-order valence-electron chi connectivity index (χ1n) is 6.51. The van der Waals surface area contributed by atoms with E-state index in [1.807, 2.05) is 6.92 Å². The minimum atomic E-state index is -0.337. The highest BCUT2D eigenvalue weighted by Crippen LogP contribution is 2.26. The van der Waals surface area contributed by atoms with Crippen LogP contribution in [0.3, 0.4) is 0 Å². The van der Waals surface area contributed by atoms with E-state index in [2.05, 4.69) is 38.1 Å². The van der Waals surface area contributed by atoms with Crippen LogP contribution in [0.5, 0.6) is 0 Å². The van der Waals surface area contributed by atoms with Crippen LogP contribution in [-0.2, 0) is 5.54 Å². The monoisotopic (exact) mass is 235 g/mol. The maximum atomic E-state index is 8.87. The van der Waals surface area contributed by atoms with Crippen molar-refractivity contribution in [3.63, 3.8) is 0 Å². The molecule has 2 atom stereocenters. The van der Waals surface area contributed by atoms with Gasteiger partial charge in [-0.1, -0.05) is 38.1 Å². The summed E-state index contributed by atoms with van der Waals surface area (Å²) in [7, 11) is 0. The maximum Gasteiger partial charge on any atom is 0.0431 e. The molecule has 2 heteroatoms. The fourth-order valence-corrected chi connectivity index (χ4v) is 2.02. The molecule has 0 saturated carbocycles. The van der Waals surface area contributed by atoms with E-state index < -0.39 is 0 Å². The zero-order valence-electron chi connectivity index (χ0n) is 11.2. The van der Waals surface area contributed by atoms with Gasteiger partial charge in [-0.15, -0.1) is 0 Å². The van der Waals surface area contributed by atoms with E-state index in [4.69, 9.17) is 10.8 Å². The average Bonchev–Trinajstić information content (AvgIpc) is 2.35. The van der Waals surface area contributed by atoms with Gasteiger partial charge in [-0.2, -0.15) is 0 Å². The summed E-state index contributed by atoms with van der Waals surface area (Å²) in [6.45, 7) is 6.67. The van der Waals surface area contributed by atoms with E-state index >= 15 is 0 Å². The van der Waals surface area contributed by atoms with E-state index in [1.54, 1.807) is 0 Å². The summed E-state index contributed by atoms with van der Waals surface area (Å²) in [5, 5.41) is 8.87. The summed E-state index contributed by atoms with van der Waals surface area (Å²) in [5.41, 5.74) is 8.46. The molecule has 0 aliphatic heterocycles. The van der Waals surface area contributed by atoms with Crippen molar-refractivity contribution in [2.75, 3.05) is 6.61 Å². The number of aliphatic hydroxyl groups is 1. The Morgan fingerprint density at radius 1 is 1.29 bits per heavy atom. The molecule has 0 spiro atoms. The van der Waals surface area contributed by atoms with Crippen LogP contribution in [-0.4, -0.2) is 11.7 Å². The molecule has 1 rings (SSSR count). The van der Waals surface area contributed by atoms with Crippen molar-refractivity contribution in [1.82, 2.24) is 0 Å². The first kappa shape index (κ1) is 14.2. The molecule has 0 fully saturated rings. The third kappa shape index (κ3) is 3.83. The Morgan fingerprint density at radius 3 is 2.35 bits per heavy atom. The van der Waals surface area contributed by atoms with E-state index in [0.717, 1.165) is 24.8 Å². The van der Waals surface area contributed by atoms with Gasteiger partial charge in [0.2, 0.25) is 0 Å². The molecule has 0 heterocycles. The second-order valence-corrected chi connectivity index (χ2v) is 5.18. The van der Waals surface area contributed by atoms with E-state index in [0.29, 0.717) is 5.92 Å². The van der Waals surface area contributed by atoms with Gasteiger partial charge in [0.25, 0.3) is 0 Å². The molecule has 3 N–H and O–H groups in total. The van der Waals surface area contributed by atoms with Crippen LogP contribution in [0.15, 0.2) is 24.3 Å². The largest absolute Gasteiger partial charge is 0.396 e. The predicted octanol–water partition coefficient (Wildman–Crippen LogP) is 3.15. The Balaban J connectivity index is 2.79. The first-order valence-corrected chi connectivity index (χ1v) is 6.51. The molecule has 0 bridgehead atoms. The molecule has 0 aliphatic carbocycles. The van der Waals surface area contributed by atoms with Crippen molar-refractivity contribution in [2.45, 2.75) is 51.5 Å². The number of benzene rings is 1. The number of hydrogen-bond acceptors (Lipinski definition) is 2. The molecular weight excluding hydrogens is 210 g/mol. The topological polar surface area (TPSA) is 46.2 Å². The summed E-state index contributed by atoms with van der Waals surface area (Å²) < 4.78 is 0. The fraction of sp³-hybridized carbons (Fsp3) is 0.600. The van der Waals surface area contributed by atoms with Crippen molar-refractivity contribution >= 4 is 0 Å². The normalized spacial score (nSPS) is 16.5. The molecule has 2 unspecified atom stereocenters. The molecule has 1 aromatic rings.